The first kappa shape index (κ1) is 17.2. The van der Waals surface area contributed by atoms with Gasteiger partial charge in [-0.3, -0.25) is 14.2 Å². The van der Waals surface area contributed by atoms with Crippen molar-refractivity contribution in [2.24, 2.45) is 0 Å². The lowest BCUT2D eigenvalue weighted by Crippen LogP contribution is -2.29. The lowest BCUT2D eigenvalue weighted by Gasteiger charge is -2.12. The van der Waals surface area contributed by atoms with Crippen LogP contribution in [0, 0.1) is 6.92 Å². The van der Waals surface area contributed by atoms with E-state index in [0.717, 1.165) is 27.7 Å². The van der Waals surface area contributed by atoms with Crippen LogP contribution >= 0.6 is 0 Å². The van der Waals surface area contributed by atoms with Crippen molar-refractivity contribution < 1.29 is 4.79 Å². The van der Waals surface area contributed by atoms with Crippen LogP contribution in [-0.2, 0) is 11.3 Å². The summed E-state index contributed by atoms with van der Waals surface area (Å²) in [4.78, 5) is 26.0. The molecule has 0 radical (unpaired) electrons. The first-order valence-corrected chi connectivity index (χ1v) is 9.37. The van der Waals surface area contributed by atoms with E-state index in [-0.39, 0.29) is 18.0 Å². The number of fused-ring (bicyclic) bond motifs is 4. The number of nitrogens with one attached hydrogen (secondary N) is 1. The summed E-state index contributed by atoms with van der Waals surface area (Å²) in [6.45, 7) is 1.77. The van der Waals surface area contributed by atoms with Gasteiger partial charge in [-0.25, -0.2) is 4.52 Å². The van der Waals surface area contributed by atoms with Crippen molar-refractivity contribution in [3.8, 4) is 0 Å². The molecule has 0 unspecified atom stereocenters. The number of hydrogen-bond acceptors (Lipinski definition) is 3. The van der Waals surface area contributed by atoms with Crippen molar-refractivity contribution in [2.75, 3.05) is 5.32 Å². The van der Waals surface area contributed by atoms with Gasteiger partial charge in [0.25, 0.3) is 5.56 Å². The third kappa shape index (κ3) is 2.86. The third-order valence-electron chi connectivity index (χ3n) is 5.06. The predicted octanol–water partition coefficient (Wildman–Crippen LogP) is 3.75. The minimum Gasteiger partial charge on any atom is -0.324 e. The highest BCUT2D eigenvalue weighted by atomic mass is 16.2. The SMILES string of the molecule is Cc1cc2n(CC(=O)Nc3cccc4ccccc34)c(=O)c3ccccc3n2n1. The molecule has 2 heterocycles. The van der Waals surface area contributed by atoms with Crippen molar-refractivity contribution in [3.63, 3.8) is 0 Å². The summed E-state index contributed by atoms with van der Waals surface area (Å²) < 4.78 is 3.19. The Morgan fingerprint density at radius 2 is 1.69 bits per heavy atom. The molecule has 0 atom stereocenters. The minimum atomic E-state index is -0.264. The lowest BCUT2D eigenvalue weighted by molar-refractivity contribution is -0.116. The first-order valence-electron chi connectivity index (χ1n) is 9.37. The van der Waals surface area contributed by atoms with Crippen LogP contribution in [0.1, 0.15) is 5.69 Å². The zero-order valence-corrected chi connectivity index (χ0v) is 15.8. The second-order valence-electron chi connectivity index (χ2n) is 7.04. The Bertz CT molecular complexity index is 1460. The molecule has 1 N–H and O–H groups in total. The van der Waals surface area contributed by atoms with Crippen LogP contribution in [-0.4, -0.2) is 20.1 Å². The largest absolute Gasteiger partial charge is 0.324 e. The Kier molecular flexibility index (Phi) is 3.91. The molecule has 0 bridgehead atoms. The second-order valence-corrected chi connectivity index (χ2v) is 7.04. The Labute approximate surface area is 166 Å². The van der Waals surface area contributed by atoms with Crippen LogP contribution in [0.2, 0.25) is 0 Å². The van der Waals surface area contributed by atoms with E-state index < -0.39 is 0 Å². The van der Waals surface area contributed by atoms with E-state index in [4.69, 9.17) is 0 Å². The number of anilines is 1. The fourth-order valence-electron chi connectivity index (χ4n) is 3.76. The maximum atomic E-state index is 13.1. The molecule has 0 aliphatic heterocycles. The minimum absolute atomic E-state index is 0.0957. The number of hydrogen-bond donors (Lipinski definition) is 1. The van der Waals surface area contributed by atoms with Crippen molar-refractivity contribution >= 4 is 38.9 Å². The smallest absolute Gasteiger partial charge is 0.262 e. The number of amides is 1. The van der Waals surface area contributed by atoms with E-state index in [1.165, 1.54) is 4.57 Å². The highest BCUT2D eigenvalue weighted by Crippen LogP contribution is 2.23. The Morgan fingerprint density at radius 1 is 0.966 bits per heavy atom. The first-order chi connectivity index (χ1) is 14.1. The van der Waals surface area contributed by atoms with Crippen LogP contribution in [0.25, 0.3) is 27.3 Å². The second kappa shape index (κ2) is 6.60. The molecule has 29 heavy (non-hydrogen) atoms. The van der Waals surface area contributed by atoms with Gasteiger partial charge in [-0.1, -0.05) is 48.5 Å². The fourth-order valence-corrected chi connectivity index (χ4v) is 3.76. The summed E-state index contributed by atoms with van der Waals surface area (Å²) in [6.07, 6.45) is 0. The van der Waals surface area contributed by atoms with Crippen LogP contribution in [0.5, 0.6) is 0 Å². The zero-order valence-electron chi connectivity index (χ0n) is 15.8. The molecular weight excluding hydrogens is 364 g/mol. The number of carbonyl (C=O) groups excluding carboxylic acids is 1. The Morgan fingerprint density at radius 3 is 2.55 bits per heavy atom. The van der Waals surface area contributed by atoms with Gasteiger partial charge in [0.2, 0.25) is 5.91 Å². The molecule has 142 valence electrons. The van der Waals surface area contributed by atoms with Gasteiger partial charge in [0.1, 0.15) is 12.2 Å². The standard InChI is InChI=1S/C23H18N4O2/c1-15-13-22-26(23(29)18-10-4-5-12-20(18)27(22)25-15)14-21(28)24-19-11-6-8-16-7-2-3-9-17(16)19/h2-13H,14H2,1H3,(H,24,28). The van der Waals surface area contributed by atoms with Crippen molar-refractivity contribution in [2.45, 2.75) is 13.5 Å². The van der Waals surface area contributed by atoms with Gasteiger partial charge in [0.05, 0.1) is 16.6 Å². The molecule has 0 spiro atoms. The van der Waals surface area contributed by atoms with Gasteiger partial charge in [-0.05, 0) is 30.5 Å². The summed E-state index contributed by atoms with van der Waals surface area (Å²) in [5.74, 6) is -0.264. The number of aryl methyl sites for hydroxylation is 1. The molecule has 3 aromatic carbocycles. The van der Waals surface area contributed by atoms with Crippen LogP contribution < -0.4 is 10.9 Å². The average molecular weight is 382 g/mol. The molecule has 5 aromatic rings. The third-order valence-corrected chi connectivity index (χ3v) is 5.06. The topological polar surface area (TPSA) is 68.4 Å². The van der Waals surface area contributed by atoms with E-state index in [1.54, 1.807) is 10.6 Å². The number of para-hydroxylation sites is 1. The highest BCUT2D eigenvalue weighted by Gasteiger charge is 2.15. The number of carbonyl (C=O) groups is 1. The van der Waals surface area contributed by atoms with Gasteiger partial charge in [-0.2, -0.15) is 5.10 Å². The number of nitrogens with zero attached hydrogens (tertiary/aromatic N) is 3. The maximum Gasteiger partial charge on any atom is 0.262 e. The highest BCUT2D eigenvalue weighted by molar-refractivity contribution is 6.02. The zero-order chi connectivity index (χ0) is 20.0. The summed E-state index contributed by atoms with van der Waals surface area (Å²) in [5.41, 5.74) is 2.62. The Hall–Kier alpha value is -3.93. The summed E-state index contributed by atoms with van der Waals surface area (Å²) in [6, 6.07) is 22.7. The van der Waals surface area contributed by atoms with Crippen molar-refractivity contribution in [1.29, 1.82) is 0 Å². The molecule has 0 aliphatic rings. The molecule has 0 saturated heterocycles. The van der Waals surface area contributed by atoms with E-state index in [9.17, 15) is 9.59 Å². The van der Waals surface area contributed by atoms with Crippen LogP contribution in [0.4, 0.5) is 5.69 Å². The number of aromatic nitrogens is 3. The van der Waals surface area contributed by atoms with Gasteiger partial charge in [0, 0.05) is 17.1 Å². The monoisotopic (exact) mass is 382 g/mol. The van der Waals surface area contributed by atoms with Gasteiger partial charge in [-0.15, -0.1) is 0 Å². The molecule has 0 fully saturated rings. The molecule has 6 nitrogen and oxygen atoms in total. The van der Waals surface area contributed by atoms with Crippen molar-refractivity contribution in [3.05, 3.63) is 88.8 Å². The Balaban J connectivity index is 1.58. The molecular formula is C23H18N4O2. The molecule has 6 heteroatoms. The normalized spacial score (nSPS) is 11.3. The van der Waals surface area contributed by atoms with E-state index in [0.29, 0.717) is 11.0 Å². The van der Waals surface area contributed by atoms with Crippen molar-refractivity contribution in [1.82, 2.24) is 14.2 Å². The quantitative estimate of drug-likeness (QED) is 0.517. The molecule has 1 amide bonds. The lowest BCUT2D eigenvalue weighted by atomic mass is 10.1. The molecule has 5 rings (SSSR count). The van der Waals surface area contributed by atoms with Gasteiger partial charge >= 0.3 is 0 Å². The summed E-state index contributed by atoms with van der Waals surface area (Å²) in [7, 11) is 0. The number of benzene rings is 3. The van der Waals surface area contributed by atoms with E-state index in [1.807, 2.05) is 73.7 Å². The molecule has 2 aromatic heterocycles. The van der Waals surface area contributed by atoms with E-state index >= 15 is 0 Å². The predicted molar refractivity (Wildman–Crippen MR) is 114 cm³/mol. The van der Waals surface area contributed by atoms with E-state index in [2.05, 4.69) is 10.4 Å². The molecule has 0 aliphatic carbocycles. The number of rotatable bonds is 3. The van der Waals surface area contributed by atoms with Gasteiger partial charge in [0.15, 0.2) is 0 Å². The average Bonchev–Trinajstić information content (AvgIpc) is 3.13. The maximum absolute atomic E-state index is 13.1. The van der Waals surface area contributed by atoms with Gasteiger partial charge < -0.3 is 5.32 Å². The summed E-state index contributed by atoms with van der Waals surface area (Å²) in [5, 5.41) is 9.98. The molecule has 0 saturated carbocycles. The van der Waals surface area contributed by atoms with Crippen LogP contribution in [0.3, 0.4) is 0 Å². The summed E-state index contributed by atoms with van der Waals surface area (Å²) >= 11 is 0. The fraction of sp³-hybridized carbons (Fsp3) is 0.0870. The van der Waals surface area contributed by atoms with Crippen LogP contribution in [0.15, 0.2) is 77.6 Å².